The van der Waals surface area contributed by atoms with E-state index in [-0.39, 0.29) is 22.8 Å². The van der Waals surface area contributed by atoms with E-state index in [0.717, 1.165) is 11.1 Å². The Morgan fingerprint density at radius 3 is 2.67 bits per heavy atom. The van der Waals surface area contributed by atoms with Crippen LogP contribution in [0.15, 0.2) is 42.6 Å². The minimum atomic E-state index is -0.544. The molecule has 3 aromatic rings. The summed E-state index contributed by atoms with van der Waals surface area (Å²) in [5.74, 6) is -1.13. The van der Waals surface area contributed by atoms with E-state index in [0.29, 0.717) is 24.1 Å². The minimum Gasteiger partial charge on any atom is -0.504 e. The molecule has 7 nitrogen and oxygen atoms in total. The fraction of sp³-hybridized carbons (Fsp3) is 0.227. The summed E-state index contributed by atoms with van der Waals surface area (Å²) in [5, 5.41) is 12.7. The van der Waals surface area contributed by atoms with Crippen LogP contribution in [0.5, 0.6) is 5.75 Å². The van der Waals surface area contributed by atoms with E-state index in [2.05, 4.69) is 15.4 Å². The number of methoxy groups -OCH3 is 1. The number of halogens is 1. The number of ether oxygens (including phenoxy) is 1. The summed E-state index contributed by atoms with van der Waals surface area (Å²) in [6.45, 7) is 0.367. The Kier molecular flexibility index (Phi) is 6.71. The molecule has 2 aromatic heterocycles. The van der Waals surface area contributed by atoms with E-state index >= 15 is 0 Å². The van der Waals surface area contributed by atoms with Crippen molar-refractivity contribution in [3.8, 4) is 5.75 Å². The zero-order valence-electron chi connectivity index (χ0n) is 17.0. The number of carbonyl (C=O) groups is 1. The van der Waals surface area contributed by atoms with Crippen molar-refractivity contribution in [1.82, 2.24) is 20.4 Å². The van der Waals surface area contributed by atoms with E-state index in [1.165, 1.54) is 17.1 Å². The third kappa shape index (κ3) is 4.97. The van der Waals surface area contributed by atoms with E-state index in [4.69, 9.17) is 4.74 Å². The summed E-state index contributed by atoms with van der Waals surface area (Å²) >= 11 is 0. The number of carbonyl (C=O) groups excluding carboxylic acids is 1. The highest BCUT2D eigenvalue weighted by Gasteiger charge is 2.20. The highest BCUT2D eigenvalue weighted by molar-refractivity contribution is 6.02. The Morgan fingerprint density at radius 1 is 1.27 bits per heavy atom. The third-order valence-corrected chi connectivity index (χ3v) is 4.30. The predicted molar refractivity (Wildman–Crippen MR) is 112 cm³/mol. The molecule has 30 heavy (non-hydrogen) atoms. The molecule has 0 saturated heterocycles. The normalized spacial score (nSPS) is 11.5. The number of rotatable bonds is 7. The van der Waals surface area contributed by atoms with Crippen molar-refractivity contribution >= 4 is 22.9 Å². The van der Waals surface area contributed by atoms with Crippen molar-refractivity contribution < 1.29 is 19.0 Å². The Hall–Kier alpha value is -3.36. The van der Waals surface area contributed by atoms with Gasteiger partial charge in [-0.3, -0.25) is 15.2 Å². The molecule has 1 aromatic carbocycles. The zero-order chi connectivity index (χ0) is 21.7. The van der Waals surface area contributed by atoms with E-state index in [1.807, 2.05) is 6.07 Å². The fourth-order valence-electron chi connectivity index (χ4n) is 2.97. The van der Waals surface area contributed by atoms with Crippen LogP contribution in [0.1, 0.15) is 27.3 Å². The maximum atomic E-state index is 13.2. The zero-order valence-corrected chi connectivity index (χ0v) is 17.0. The third-order valence-electron chi connectivity index (χ3n) is 4.30. The van der Waals surface area contributed by atoms with Crippen LogP contribution in [-0.4, -0.2) is 53.8 Å². The van der Waals surface area contributed by atoms with Crippen molar-refractivity contribution in [2.45, 2.75) is 6.42 Å². The predicted octanol–water partition coefficient (Wildman–Crippen LogP) is 2.93. The number of nitrogens with zero attached hydrogens (tertiary/aromatic N) is 3. The van der Waals surface area contributed by atoms with Gasteiger partial charge in [-0.2, -0.15) is 0 Å². The molecule has 2 heterocycles. The lowest BCUT2D eigenvalue weighted by atomic mass is 10.0. The first-order valence-electron chi connectivity index (χ1n) is 9.29. The first kappa shape index (κ1) is 21.4. The quantitative estimate of drug-likeness (QED) is 0.583. The van der Waals surface area contributed by atoms with Crippen molar-refractivity contribution in [3.05, 3.63) is 70.9 Å². The summed E-state index contributed by atoms with van der Waals surface area (Å²) in [6.07, 6.45) is 5.65. The number of hydrogen-bond donors (Lipinski definition) is 2. The Morgan fingerprint density at radius 2 is 2.00 bits per heavy atom. The second-order valence-electron chi connectivity index (χ2n) is 6.93. The first-order valence-corrected chi connectivity index (χ1v) is 9.29. The second-order valence-corrected chi connectivity index (χ2v) is 6.93. The van der Waals surface area contributed by atoms with Crippen LogP contribution >= 0.6 is 0 Å². The maximum absolute atomic E-state index is 13.2. The molecule has 0 spiro atoms. The number of pyridine rings is 2. The Bertz CT molecular complexity index is 1080. The Labute approximate surface area is 173 Å². The number of hydrogen-bond acceptors (Lipinski definition) is 6. The average Bonchev–Trinajstić information content (AvgIpc) is 2.71. The van der Waals surface area contributed by atoms with Crippen molar-refractivity contribution in [2.75, 3.05) is 27.8 Å². The van der Waals surface area contributed by atoms with Gasteiger partial charge in [0.1, 0.15) is 11.3 Å². The SMILES string of the molecule is COCC=Cc1nc(C(=O)NN(C)C)c(O)c2ncc(Cc3ccc(F)cc3)cc12. The van der Waals surface area contributed by atoms with Gasteiger partial charge in [0.15, 0.2) is 11.4 Å². The summed E-state index contributed by atoms with van der Waals surface area (Å²) in [4.78, 5) is 21.2. The molecule has 2 N–H and O–H groups in total. The number of benzene rings is 1. The lowest BCUT2D eigenvalue weighted by molar-refractivity contribution is 0.0848. The maximum Gasteiger partial charge on any atom is 0.288 e. The van der Waals surface area contributed by atoms with Gasteiger partial charge in [0.2, 0.25) is 0 Å². The highest BCUT2D eigenvalue weighted by Crippen LogP contribution is 2.30. The first-order chi connectivity index (χ1) is 14.4. The van der Waals surface area contributed by atoms with Crippen LogP contribution in [0.2, 0.25) is 0 Å². The molecule has 8 heteroatoms. The van der Waals surface area contributed by atoms with Crippen LogP contribution in [0.3, 0.4) is 0 Å². The molecule has 0 bridgehead atoms. The molecule has 0 unspecified atom stereocenters. The van der Waals surface area contributed by atoms with Gasteiger partial charge in [-0.1, -0.05) is 18.2 Å². The average molecular weight is 410 g/mol. The molecule has 0 aliphatic carbocycles. The molecular weight excluding hydrogens is 387 g/mol. The smallest absolute Gasteiger partial charge is 0.288 e. The summed E-state index contributed by atoms with van der Waals surface area (Å²) in [5.41, 5.74) is 5.00. The van der Waals surface area contributed by atoms with Gasteiger partial charge in [-0.05, 0) is 41.8 Å². The van der Waals surface area contributed by atoms with Crippen LogP contribution in [0.4, 0.5) is 4.39 Å². The molecular formula is C22H23FN4O3. The monoisotopic (exact) mass is 410 g/mol. The van der Waals surface area contributed by atoms with Gasteiger partial charge >= 0.3 is 0 Å². The largest absolute Gasteiger partial charge is 0.504 e. The molecule has 3 rings (SSSR count). The van der Waals surface area contributed by atoms with Gasteiger partial charge in [-0.15, -0.1) is 0 Å². The van der Waals surface area contributed by atoms with Gasteiger partial charge in [0.05, 0.1) is 12.3 Å². The molecule has 1 amide bonds. The van der Waals surface area contributed by atoms with Crippen molar-refractivity contribution in [3.63, 3.8) is 0 Å². The number of fused-ring (bicyclic) bond motifs is 1. The number of hydrazine groups is 1. The van der Waals surface area contributed by atoms with Gasteiger partial charge in [0.25, 0.3) is 5.91 Å². The number of nitrogens with one attached hydrogen (secondary N) is 1. The summed E-state index contributed by atoms with van der Waals surface area (Å²) in [7, 11) is 4.90. The molecule has 0 aliphatic heterocycles. The molecule has 156 valence electrons. The standard InChI is InChI=1S/C22H23FN4O3/c1-27(2)26-22(29)20-21(28)19-17(18(25-20)5-4-10-30-3)12-15(13-24-19)11-14-6-8-16(23)9-7-14/h4-9,12-13,28H,10-11H2,1-3H3,(H,26,29). The summed E-state index contributed by atoms with van der Waals surface area (Å²) in [6, 6.07) is 8.10. The second kappa shape index (κ2) is 9.43. The van der Waals surface area contributed by atoms with Crippen molar-refractivity contribution in [2.24, 2.45) is 0 Å². The summed E-state index contributed by atoms with van der Waals surface area (Å²) < 4.78 is 18.2. The van der Waals surface area contributed by atoms with E-state index in [1.54, 1.807) is 51.7 Å². The van der Waals surface area contributed by atoms with Crippen LogP contribution < -0.4 is 5.43 Å². The molecule has 0 aliphatic rings. The van der Waals surface area contributed by atoms with Crippen LogP contribution in [0.25, 0.3) is 17.0 Å². The molecule has 0 radical (unpaired) electrons. The number of aromatic hydroxyl groups is 1. The topological polar surface area (TPSA) is 87.6 Å². The number of aromatic nitrogens is 2. The lowest BCUT2D eigenvalue weighted by Crippen LogP contribution is -2.36. The fourth-order valence-corrected chi connectivity index (χ4v) is 2.97. The lowest BCUT2D eigenvalue weighted by Gasteiger charge is -2.14. The number of amides is 1. The van der Waals surface area contributed by atoms with Crippen molar-refractivity contribution in [1.29, 1.82) is 0 Å². The van der Waals surface area contributed by atoms with Gasteiger partial charge in [-0.25, -0.2) is 14.4 Å². The van der Waals surface area contributed by atoms with Crippen LogP contribution in [-0.2, 0) is 11.2 Å². The van der Waals surface area contributed by atoms with Gasteiger partial charge < -0.3 is 9.84 Å². The Balaban J connectivity index is 2.08. The molecule has 0 fully saturated rings. The van der Waals surface area contributed by atoms with Gasteiger partial charge in [0, 0.05) is 32.8 Å². The van der Waals surface area contributed by atoms with E-state index < -0.39 is 5.91 Å². The molecule has 0 saturated carbocycles. The van der Waals surface area contributed by atoms with E-state index in [9.17, 15) is 14.3 Å². The highest BCUT2D eigenvalue weighted by atomic mass is 19.1. The molecule has 0 atom stereocenters. The van der Waals surface area contributed by atoms with Crippen LogP contribution in [0, 0.1) is 5.82 Å². The minimum absolute atomic E-state index is 0.118.